The average molecular weight is 237 g/mol. The number of likely N-dealkylation sites (N-methyl/N-ethyl adjacent to an activating group) is 1. The first-order chi connectivity index (χ1) is 8.26. The summed E-state index contributed by atoms with van der Waals surface area (Å²) in [5.74, 6) is 0.974. The highest BCUT2D eigenvalue weighted by atomic mass is 16.2. The minimum atomic E-state index is -0.0721. The van der Waals surface area contributed by atoms with E-state index in [1.54, 1.807) is 0 Å². The van der Waals surface area contributed by atoms with Crippen LogP contribution in [0.4, 0.5) is 0 Å². The van der Waals surface area contributed by atoms with E-state index in [2.05, 4.69) is 20.5 Å². The molecule has 2 rings (SSSR count). The Kier molecular flexibility index (Phi) is 3.73. The van der Waals surface area contributed by atoms with Crippen LogP contribution >= 0.6 is 0 Å². The fourth-order valence-corrected chi connectivity index (χ4v) is 2.15. The predicted molar refractivity (Wildman–Crippen MR) is 63.7 cm³/mol. The van der Waals surface area contributed by atoms with E-state index in [4.69, 9.17) is 0 Å². The molecule has 1 aromatic heterocycles. The van der Waals surface area contributed by atoms with Crippen LogP contribution in [0, 0.1) is 0 Å². The maximum atomic E-state index is 12.2. The van der Waals surface area contributed by atoms with Crippen LogP contribution < -0.4 is 5.32 Å². The van der Waals surface area contributed by atoms with Gasteiger partial charge in [-0.15, -0.1) is 5.10 Å². The van der Waals surface area contributed by atoms with Gasteiger partial charge in [-0.05, 0) is 19.9 Å². The van der Waals surface area contributed by atoms with Crippen LogP contribution in [0.25, 0.3) is 0 Å². The molecule has 1 unspecified atom stereocenters. The van der Waals surface area contributed by atoms with E-state index in [1.807, 2.05) is 18.7 Å². The third-order valence-corrected chi connectivity index (χ3v) is 3.13. The quantitative estimate of drug-likeness (QED) is 0.784. The Balaban J connectivity index is 2.10. The first-order valence-corrected chi connectivity index (χ1v) is 6.19. The Morgan fingerprint density at radius 3 is 2.88 bits per heavy atom. The zero-order valence-corrected chi connectivity index (χ0v) is 10.4. The number of nitrogens with zero attached hydrogens (tertiary/aromatic N) is 3. The second kappa shape index (κ2) is 5.27. The molecule has 6 nitrogen and oxygen atoms in total. The predicted octanol–water partition coefficient (Wildman–Crippen LogP) is 0.191. The van der Waals surface area contributed by atoms with Gasteiger partial charge in [-0.1, -0.05) is 6.92 Å². The number of hydrogen-bond acceptors (Lipinski definition) is 4. The highest BCUT2D eigenvalue weighted by Gasteiger charge is 2.28. The molecule has 1 fully saturated rings. The molecular weight excluding hydrogens is 218 g/mol. The van der Waals surface area contributed by atoms with E-state index in [1.165, 1.54) is 0 Å². The van der Waals surface area contributed by atoms with Crippen LogP contribution in [-0.4, -0.2) is 51.7 Å². The zero-order valence-electron chi connectivity index (χ0n) is 10.4. The maximum absolute atomic E-state index is 12.2. The molecule has 6 heteroatoms. The summed E-state index contributed by atoms with van der Waals surface area (Å²) in [6.45, 7) is 6.51. The lowest BCUT2D eigenvalue weighted by atomic mass is 10.2. The van der Waals surface area contributed by atoms with Gasteiger partial charge in [0.2, 0.25) is 5.82 Å². The monoisotopic (exact) mass is 237 g/mol. The largest absolute Gasteiger partial charge is 0.332 e. The van der Waals surface area contributed by atoms with E-state index < -0.39 is 0 Å². The second-order valence-electron chi connectivity index (χ2n) is 4.20. The highest BCUT2D eigenvalue weighted by molar-refractivity contribution is 5.90. The molecule has 0 bridgehead atoms. The number of H-pyrrole nitrogens is 1. The van der Waals surface area contributed by atoms with Crippen LogP contribution in [0.1, 0.15) is 36.7 Å². The molecule has 1 amide bonds. The summed E-state index contributed by atoms with van der Waals surface area (Å²) < 4.78 is 0. The lowest BCUT2D eigenvalue weighted by molar-refractivity contribution is 0.0691. The van der Waals surface area contributed by atoms with Crippen molar-refractivity contribution in [2.45, 2.75) is 32.7 Å². The van der Waals surface area contributed by atoms with Crippen LogP contribution in [0.5, 0.6) is 0 Å². The van der Waals surface area contributed by atoms with E-state index in [0.29, 0.717) is 6.54 Å². The molecule has 1 saturated heterocycles. The van der Waals surface area contributed by atoms with Crippen molar-refractivity contribution < 1.29 is 4.79 Å². The molecule has 0 aromatic carbocycles. The zero-order chi connectivity index (χ0) is 12.3. The van der Waals surface area contributed by atoms with Gasteiger partial charge in [-0.25, -0.2) is 4.98 Å². The van der Waals surface area contributed by atoms with Crippen LogP contribution in [0.2, 0.25) is 0 Å². The third-order valence-electron chi connectivity index (χ3n) is 3.13. The minimum Gasteiger partial charge on any atom is -0.332 e. The van der Waals surface area contributed by atoms with E-state index >= 15 is 0 Å². The molecule has 0 saturated carbocycles. The molecule has 1 aliphatic heterocycles. The number of hydrogen-bond donors (Lipinski definition) is 2. The first-order valence-electron chi connectivity index (χ1n) is 6.19. The first kappa shape index (κ1) is 12.0. The molecule has 1 atom stereocenters. The van der Waals surface area contributed by atoms with Crippen molar-refractivity contribution >= 4 is 5.91 Å². The summed E-state index contributed by atoms with van der Waals surface area (Å²) in [5.41, 5.74) is 0. The number of aryl methyl sites for hydroxylation is 1. The summed E-state index contributed by atoms with van der Waals surface area (Å²) in [6.07, 6.45) is 1.77. The van der Waals surface area contributed by atoms with Gasteiger partial charge in [0.1, 0.15) is 5.82 Å². The van der Waals surface area contributed by atoms with Crippen LogP contribution in [0.3, 0.4) is 0 Å². The number of rotatable bonds is 4. The van der Waals surface area contributed by atoms with Crippen molar-refractivity contribution in [2.75, 3.05) is 19.6 Å². The second-order valence-corrected chi connectivity index (χ2v) is 4.20. The molecule has 2 N–H and O–H groups in total. The number of carbonyl (C=O) groups excluding carboxylic acids is 1. The molecule has 1 aliphatic rings. The van der Waals surface area contributed by atoms with Crippen molar-refractivity contribution in [1.82, 2.24) is 25.4 Å². The molecule has 1 aromatic rings. The van der Waals surface area contributed by atoms with Gasteiger partial charge in [0.15, 0.2) is 0 Å². The number of carbonyl (C=O) groups is 1. The van der Waals surface area contributed by atoms with Gasteiger partial charge in [0.05, 0.1) is 0 Å². The number of amides is 1. The Morgan fingerprint density at radius 1 is 1.53 bits per heavy atom. The van der Waals surface area contributed by atoms with Crippen molar-refractivity contribution in [2.24, 2.45) is 0 Å². The number of nitrogens with one attached hydrogen (secondary N) is 2. The molecule has 0 aliphatic carbocycles. The molecule has 2 heterocycles. The van der Waals surface area contributed by atoms with Gasteiger partial charge in [0, 0.05) is 25.6 Å². The normalized spacial score (nSPS) is 19.5. The molecule has 0 radical (unpaired) electrons. The summed E-state index contributed by atoms with van der Waals surface area (Å²) in [5, 5.41) is 10.0. The smallest absolute Gasteiger partial charge is 0.293 e. The number of aromatic nitrogens is 3. The summed E-state index contributed by atoms with van der Waals surface area (Å²) in [6, 6.07) is 0.274. The lowest BCUT2D eigenvalue weighted by Crippen LogP contribution is -2.41. The Labute approximate surface area is 101 Å². The van der Waals surface area contributed by atoms with Crippen LogP contribution in [-0.2, 0) is 6.42 Å². The van der Waals surface area contributed by atoms with Crippen molar-refractivity contribution in [3.8, 4) is 0 Å². The minimum absolute atomic E-state index is 0.0721. The van der Waals surface area contributed by atoms with Gasteiger partial charge in [0.25, 0.3) is 5.91 Å². The van der Waals surface area contributed by atoms with Crippen LogP contribution in [0.15, 0.2) is 0 Å². The van der Waals surface area contributed by atoms with E-state index in [-0.39, 0.29) is 17.8 Å². The Bertz CT molecular complexity index is 383. The standard InChI is InChI=1S/C11H19N5O/c1-3-9-13-10(15-14-9)11(17)16(4-2)8-5-6-12-7-8/h8,12H,3-7H2,1-2H3,(H,13,14,15). The molecule has 17 heavy (non-hydrogen) atoms. The van der Waals surface area contributed by atoms with Crippen molar-refractivity contribution in [3.05, 3.63) is 11.6 Å². The summed E-state index contributed by atoms with van der Waals surface area (Å²) in [7, 11) is 0. The number of aromatic amines is 1. The Morgan fingerprint density at radius 2 is 2.35 bits per heavy atom. The topological polar surface area (TPSA) is 73.9 Å². The Hall–Kier alpha value is -1.43. The maximum Gasteiger partial charge on any atom is 0.293 e. The molecule has 94 valence electrons. The summed E-state index contributed by atoms with van der Waals surface area (Å²) >= 11 is 0. The van der Waals surface area contributed by atoms with Gasteiger partial charge in [-0.3, -0.25) is 9.89 Å². The average Bonchev–Trinajstić information content (AvgIpc) is 3.00. The lowest BCUT2D eigenvalue weighted by Gasteiger charge is -2.25. The SMILES string of the molecule is CCc1nc(C(=O)N(CC)C2CCNC2)n[nH]1. The molecule has 0 spiro atoms. The third kappa shape index (κ3) is 2.46. The van der Waals surface area contributed by atoms with Gasteiger partial charge >= 0.3 is 0 Å². The van der Waals surface area contributed by atoms with E-state index in [0.717, 1.165) is 31.8 Å². The van der Waals surface area contributed by atoms with Gasteiger partial charge < -0.3 is 10.2 Å². The van der Waals surface area contributed by atoms with Crippen molar-refractivity contribution in [1.29, 1.82) is 0 Å². The fraction of sp³-hybridized carbons (Fsp3) is 0.727. The molecular formula is C11H19N5O. The van der Waals surface area contributed by atoms with E-state index in [9.17, 15) is 4.79 Å². The van der Waals surface area contributed by atoms with Crippen molar-refractivity contribution in [3.63, 3.8) is 0 Å². The highest BCUT2D eigenvalue weighted by Crippen LogP contribution is 2.11. The van der Waals surface area contributed by atoms with Gasteiger partial charge in [-0.2, -0.15) is 0 Å². The summed E-state index contributed by atoms with van der Waals surface area (Å²) in [4.78, 5) is 18.3. The fourth-order valence-electron chi connectivity index (χ4n) is 2.15.